The van der Waals surface area contributed by atoms with E-state index < -0.39 is 11.6 Å². The fourth-order valence-electron chi connectivity index (χ4n) is 2.31. The molecule has 0 atom stereocenters. The largest absolute Gasteiger partial charge is 0.491 e. The molecule has 0 unspecified atom stereocenters. The molecule has 0 saturated heterocycles. The summed E-state index contributed by atoms with van der Waals surface area (Å²) in [5.74, 6) is -1.44. The molecule has 0 spiro atoms. The van der Waals surface area contributed by atoms with E-state index in [0.717, 1.165) is 12.1 Å². The summed E-state index contributed by atoms with van der Waals surface area (Å²) in [7, 11) is 0. The number of nitrogens with one attached hydrogen (secondary N) is 2. The van der Waals surface area contributed by atoms with Gasteiger partial charge < -0.3 is 15.4 Å². The molecule has 0 radical (unpaired) electrons. The fraction of sp³-hybridized carbons (Fsp3) is 0.150. The van der Waals surface area contributed by atoms with E-state index in [2.05, 4.69) is 20.6 Å². The third kappa shape index (κ3) is 5.00. The van der Waals surface area contributed by atoms with E-state index in [1.807, 2.05) is 13.8 Å². The molecule has 0 aliphatic carbocycles. The zero-order chi connectivity index (χ0) is 20.1. The molecule has 0 fully saturated rings. The molecule has 3 rings (SSSR count). The van der Waals surface area contributed by atoms with Gasteiger partial charge in [0.15, 0.2) is 11.6 Å². The fourth-order valence-corrected chi connectivity index (χ4v) is 2.31. The molecule has 1 aromatic heterocycles. The predicted octanol–water partition coefficient (Wildman–Crippen LogP) is 4.54. The Morgan fingerprint density at radius 3 is 2.21 bits per heavy atom. The predicted molar refractivity (Wildman–Crippen MR) is 102 cm³/mol. The minimum Gasteiger partial charge on any atom is -0.491 e. The quantitative estimate of drug-likeness (QED) is 0.653. The van der Waals surface area contributed by atoms with Crippen LogP contribution in [0.25, 0.3) is 0 Å². The zero-order valence-electron chi connectivity index (χ0n) is 15.2. The van der Waals surface area contributed by atoms with Gasteiger partial charge in [0.25, 0.3) is 5.91 Å². The first-order chi connectivity index (χ1) is 13.4. The molecule has 0 aliphatic heterocycles. The van der Waals surface area contributed by atoms with Gasteiger partial charge in [-0.15, -0.1) is 0 Å². The average molecular weight is 384 g/mol. The van der Waals surface area contributed by atoms with Crippen LogP contribution in [0, 0.1) is 11.6 Å². The number of ether oxygens (including phenoxy) is 1. The Hall–Kier alpha value is -3.55. The van der Waals surface area contributed by atoms with Crippen molar-refractivity contribution in [2.45, 2.75) is 20.0 Å². The monoisotopic (exact) mass is 384 g/mol. The van der Waals surface area contributed by atoms with Gasteiger partial charge in [-0.1, -0.05) is 0 Å². The molecule has 6 nitrogen and oxygen atoms in total. The number of benzene rings is 2. The van der Waals surface area contributed by atoms with Crippen LogP contribution in [0.3, 0.4) is 0 Å². The van der Waals surface area contributed by atoms with Crippen LogP contribution >= 0.6 is 0 Å². The third-order valence-corrected chi connectivity index (χ3v) is 3.57. The Kier molecular flexibility index (Phi) is 5.78. The summed E-state index contributed by atoms with van der Waals surface area (Å²) in [6.45, 7) is 3.86. The topological polar surface area (TPSA) is 76.1 Å². The molecule has 144 valence electrons. The van der Waals surface area contributed by atoms with E-state index in [1.165, 1.54) is 18.5 Å². The van der Waals surface area contributed by atoms with Crippen molar-refractivity contribution in [1.82, 2.24) is 9.97 Å². The summed E-state index contributed by atoms with van der Waals surface area (Å²) in [6.07, 6.45) is 2.73. The van der Waals surface area contributed by atoms with E-state index >= 15 is 0 Å². The van der Waals surface area contributed by atoms with Gasteiger partial charge in [-0.25, -0.2) is 18.7 Å². The van der Waals surface area contributed by atoms with Gasteiger partial charge in [-0.05, 0) is 50.2 Å². The number of halogens is 2. The Morgan fingerprint density at radius 2 is 1.61 bits per heavy atom. The number of rotatable bonds is 6. The summed E-state index contributed by atoms with van der Waals surface area (Å²) < 4.78 is 31.7. The standard InChI is InChI=1S/C20H18F2N4O2/c1-12(2)28-16-6-3-14(4-7-16)25-19(27)13-10-23-20(24-11-13)26-15-5-8-17(21)18(22)9-15/h3-12H,1-2H3,(H,25,27)(H,23,24,26). The van der Waals surface area contributed by atoms with E-state index in [4.69, 9.17) is 4.74 Å². The van der Waals surface area contributed by atoms with E-state index in [9.17, 15) is 13.6 Å². The molecule has 0 saturated carbocycles. The van der Waals surface area contributed by atoms with Gasteiger partial charge in [-0.3, -0.25) is 4.79 Å². The Bertz CT molecular complexity index is 961. The molecule has 2 N–H and O–H groups in total. The number of hydrogen-bond donors (Lipinski definition) is 2. The van der Waals surface area contributed by atoms with Crippen molar-refractivity contribution in [2.75, 3.05) is 10.6 Å². The molecule has 3 aromatic rings. The van der Waals surface area contributed by atoms with Gasteiger partial charge in [-0.2, -0.15) is 0 Å². The van der Waals surface area contributed by atoms with Crippen molar-refractivity contribution >= 4 is 23.2 Å². The van der Waals surface area contributed by atoms with Crippen LogP contribution in [-0.2, 0) is 0 Å². The lowest BCUT2D eigenvalue weighted by Crippen LogP contribution is -2.13. The van der Waals surface area contributed by atoms with Gasteiger partial charge in [0.1, 0.15) is 5.75 Å². The van der Waals surface area contributed by atoms with E-state index in [-0.39, 0.29) is 23.5 Å². The van der Waals surface area contributed by atoms with Crippen molar-refractivity contribution in [2.24, 2.45) is 0 Å². The minimum atomic E-state index is -0.981. The lowest BCUT2D eigenvalue weighted by molar-refractivity contribution is 0.102. The number of aromatic nitrogens is 2. The van der Waals surface area contributed by atoms with E-state index in [1.54, 1.807) is 24.3 Å². The van der Waals surface area contributed by atoms with Gasteiger partial charge >= 0.3 is 0 Å². The highest BCUT2D eigenvalue weighted by atomic mass is 19.2. The number of carbonyl (C=O) groups excluding carboxylic acids is 1. The minimum absolute atomic E-state index is 0.0658. The summed E-state index contributed by atoms with van der Waals surface area (Å²) in [4.78, 5) is 20.3. The highest BCUT2D eigenvalue weighted by Gasteiger charge is 2.09. The van der Waals surface area contributed by atoms with Crippen LogP contribution in [0.15, 0.2) is 54.9 Å². The lowest BCUT2D eigenvalue weighted by atomic mass is 10.2. The molecule has 1 amide bonds. The first-order valence-corrected chi connectivity index (χ1v) is 8.53. The van der Waals surface area contributed by atoms with Crippen molar-refractivity contribution in [3.63, 3.8) is 0 Å². The number of anilines is 3. The van der Waals surface area contributed by atoms with Gasteiger partial charge in [0.2, 0.25) is 5.95 Å². The third-order valence-electron chi connectivity index (χ3n) is 3.57. The maximum Gasteiger partial charge on any atom is 0.258 e. The SMILES string of the molecule is CC(C)Oc1ccc(NC(=O)c2cnc(Nc3ccc(F)c(F)c3)nc2)cc1. The maximum absolute atomic E-state index is 13.2. The average Bonchev–Trinajstić information content (AvgIpc) is 2.66. The first kappa shape index (κ1) is 19.2. The molecule has 28 heavy (non-hydrogen) atoms. The van der Waals surface area contributed by atoms with Crippen molar-refractivity contribution in [1.29, 1.82) is 0 Å². The van der Waals surface area contributed by atoms with Crippen LogP contribution in [0.2, 0.25) is 0 Å². The summed E-state index contributed by atoms with van der Waals surface area (Å²) >= 11 is 0. The van der Waals surface area contributed by atoms with Crippen LogP contribution < -0.4 is 15.4 Å². The molecule has 2 aromatic carbocycles. The normalized spacial score (nSPS) is 10.6. The van der Waals surface area contributed by atoms with Crippen LogP contribution in [-0.4, -0.2) is 22.0 Å². The van der Waals surface area contributed by atoms with E-state index in [0.29, 0.717) is 17.1 Å². The van der Waals surface area contributed by atoms with Crippen molar-refractivity contribution in [3.8, 4) is 5.75 Å². The number of hydrogen-bond acceptors (Lipinski definition) is 5. The summed E-state index contributed by atoms with van der Waals surface area (Å²) in [6, 6.07) is 10.3. The smallest absolute Gasteiger partial charge is 0.258 e. The van der Waals surface area contributed by atoms with Crippen LogP contribution in [0.4, 0.5) is 26.1 Å². The first-order valence-electron chi connectivity index (χ1n) is 8.53. The molecular weight excluding hydrogens is 366 g/mol. The number of nitrogens with zero attached hydrogens (tertiary/aromatic N) is 2. The molecular formula is C20H18F2N4O2. The summed E-state index contributed by atoms with van der Waals surface area (Å²) in [5.41, 5.74) is 1.14. The molecule has 0 aliphatic rings. The second-order valence-corrected chi connectivity index (χ2v) is 6.19. The zero-order valence-corrected chi connectivity index (χ0v) is 15.2. The van der Waals surface area contributed by atoms with Crippen molar-refractivity contribution < 1.29 is 18.3 Å². The lowest BCUT2D eigenvalue weighted by Gasteiger charge is -2.10. The number of amides is 1. The molecule has 1 heterocycles. The second kappa shape index (κ2) is 8.43. The number of carbonyl (C=O) groups is 1. The molecule has 8 heteroatoms. The Morgan fingerprint density at radius 1 is 0.964 bits per heavy atom. The highest BCUT2D eigenvalue weighted by molar-refractivity contribution is 6.03. The Labute approximate surface area is 160 Å². The maximum atomic E-state index is 13.2. The van der Waals surface area contributed by atoms with Crippen LogP contribution in [0.1, 0.15) is 24.2 Å². The molecule has 0 bridgehead atoms. The van der Waals surface area contributed by atoms with Gasteiger partial charge in [0, 0.05) is 29.8 Å². The second-order valence-electron chi connectivity index (χ2n) is 6.19. The van der Waals surface area contributed by atoms with Gasteiger partial charge in [0.05, 0.1) is 11.7 Å². The Balaban J connectivity index is 1.62. The van der Waals surface area contributed by atoms with Crippen LogP contribution in [0.5, 0.6) is 5.75 Å². The van der Waals surface area contributed by atoms with Crippen molar-refractivity contribution in [3.05, 3.63) is 72.1 Å². The summed E-state index contributed by atoms with van der Waals surface area (Å²) in [5, 5.41) is 5.47. The highest BCUT2D eigenvalue weighted by Crippen LogP contribution is 2.18.